The van der Waals surface area contributed by atoms with E-state index in [1.165, 1.54) is 0 Å². The molecule has 2 aromatic rings. The summed E-state index contributed by atoms with van der Waals surface area (Å²) in [5.41, 5.74) is 4.09. The maximum Gasteiger partial charge on any atom is 0.268 e. The molecule has 1 aliphatic heterocycles. The number of nitrogens with zero attached hydrogens (tertiary/aromatic N) is 2. The molecule has 8 nitrogen and oxygen atoms in total. The highest BCUT2D eigenvalue weighted by Crippen LogP contribution is 2.36. The first-order chi connectivity index (χ1) is 15.6. The van der Waals surface area contributed by atoms with Crippen LogP contribution < -0.4 is 15.5 Å². The van der Waals surface area contributed by atoms with Gasteiger partial charge in [0.1, 0.15) is 5.69 Å². The number of fused-ring (bicyclic) bond motifs is 1. The van der Waals surface area contributed by atoms with E-state index in [4.69, 9.17) is 0 Å². The zero-order chi connectivity index (χ0) is 23.8. The first kappa shape index (κ1) is 23.0. The van der Waals surface area contributed by atoms with Gasteiger partial charge in [-0.3, -0.25) is 14.4 Å². The Kier molecular flexibility index (Phi) is 6.30. The highest BCUT2D eigenvalue weighted by molar-refractivity contribution is 6.05. The molecule has 1 aromatic heterocycles. The molecule has 176 valence electrons. The van der Waals surface area contributed by atoms with Crippen molar-refractivity contribution < 1.29 is 14.4 Å². The number of hydrogen-bond donors (Lipinski definition) is 3. The van der Waals surface area contributed by atoms with Gasteiger partial charge >= 0.3 is 0 Å². The summed E-state index contributed by atoms with van der Waals surface area (Å²) in [4.78, 5) is 45.5. The van der Waals surface area contributed by atoms with Crippen molar-refractivity contribution in [3.8, 4) is 0 Å². The van der Waals surface area contributed by atoms with Gasteiger partial charge in [0, 0.05) is 55.2 Å². The Balaban J connectivity index is 1.36. The summed E-state index contributed by atoms with van der Waals surface area (Å²) >= 11 is 0. The smallest absolute Gasteiger partial charge is 0.268 e. The number of amides is 2. The molecule has 0 spiro atoms. The molecule has 0 radical (unpaired) electrons. The minimum absolute atomic E-state index is 0.0621. The molecular weight excluding hydrogens is 418 g/mol. The van der Waals surface area contributed by atoms with Gasteiger partial charge in [0.2, 0.25) is 5.91 Å². The summed E-state index contributed by atoms with van der Waals surface area (Å²) in [5, 5.41) is 5.54. The molecule has 2 heterocycles. The molecule has 2 amide bonds. The van der Waals surface area contributed by atoms with Gasteiger partial charge in [-0.25, -0.2) is 0 Å². The topological polar surface area (TPSA) is 97.5 Å². The minimum Gasteiger partial charge on any atom is -0.369 e. The van der Waals surface area contributed by atoms with Crippen LogP contribution in [-0.4, -0.2) is 67.3 Å². The number of likely N-dealkylation sites (N-methyl/N-ethyl adjacent to an activating group) is 1. The van der Waals surface area contributed by atoms with Crippen LogP contribution in [-0.2, 0) is 11.2 Å². The monoisotopic (exact) mass is 451 g/mol. The van der Waals surface area contributed by atoms with Crippen molar-refractivity contribution in [3.05, 3.63) is 46.8 Å². The summed E-state index contributed by atoms with van der Waals surface area (Å²) in [6.45, 7) is 9.64. The Morgan fingerprint density at radius 2 is 1.85 bits per heavy atom. The number of ketones is 1. The van der Waals surface area contributed by atoms with E-state index in [1.807, 2.05) is 38.1 Å². The highest BCUT2D eigenvalue weighted by atomic mass is 16.2. The fraction of sp³-hybridized carbons (Fsp3) is 0.480. The lowest BCUT2D eigenvalue weighted by molar-refractivity contribution is -0.115. The standard InChI is InChI=1S/C25H33N5O3/c1-16-22-19(13-25(2,3)14-20(22)31)28-23(16)24(33)26-15-21(32)27-17-6-5-7-18(12-17)30-10-8-29(4)9-11-30/h5-7,12,28H,8-11,13-15H2,1-4H3,(H,26,33)(H,27,32). The lowest BCUT2D eigenvalue weighted by atomic mass is 9.75. The second-order valence-corrected chi connectivity index (χ2v) is 9.99. The van der Waals surface area contributed by atoms with E-state index in [-0.39, 0.29) is 29.6 Å². The third-order valence-corrected chi connectivity index (χ3v) is 6.54. The molecule has 8 heteroatoms. The second-order valence-electron chi connectivity index (χ2n) is 9.99. The van der Waals surface area contributed by atoms with Crippen LogP contribution >= 0.6 is 0 Å². The van der Waals surface area contributed by atoms with Gasteiger partial charge in [0.25, 0.3) is 5.91 Å². The number of rotatable bonds is 5. The number of piperazine rings is 1. The molecule has 2 aliphatic rings. The fourth-order valence-electron chi connectivity index (χ4n) is 4.76. The largest absolute Gasteiger partial charge is 0.369 e. The summed E-state index contributed by atoms with van der Waals surface area (Å²) in [6, 6.07) is 7.77. The Bertz CT molecular complexity index is 1080. The third-order valence-electron chi connectivity index (χ3n) is 6.54. The molecule has 0 atom stereocenters. The second kappa shape index (κ2) is 9.02. The van der Waals surface area contributed by atoms with E-state index in [0.717, 1.165) is 37.6 Å². The van der Waals surface area contributed by atoms with Gasteiger partial charge in [0.15, 0.2) is 5.78 Å². The van der Waals surface area contributed by atoms with Gasteiger partial charge < -0.3 is 25.4 Å². The predicted molar refractivity (Wildman–Crippen MR) is 129 cm³/mol. The molecule has 1 fully saturated rings. The number of carbonyl (C=O) groups is 3. The average Bonchev–Trinajstić information content (AvgIpc) is 3.08. The molecule has 1 saturated heterocycles. The zero-order valence-electron chi connectivity index (χ0n) is 19.9. The van der Waals surface area contributed by atoms with Crippen molar-refractivity contribution in [2.45, 2.75) is 33.6 Å². The Morgan fingerprint density at radius 3 is 2.58 bits per heavy atom. The van der Waals surface area contributed by atoms with Gasteiger partial charge in [-0.1, -0.05) is 19.9 Å². The van der Waals surface area contributed by atoms with Crippen LogP contribution in [0.5, 0.6) is 0 Å². The number of aromatic nitrogens is 1. The fourth-order valence-corrected chi connectivity index (χ4v) is 4.76. The van der Waals surface area contributed by atoms with Crippen molar-refractivity contribution in [1.82, 2.24) is 15.2 Å². The van der Waals surface area contributed by atoms with E-state index in [1.54, 1.807) is 6.92 Å². The maximum atomic E-state index is 12.8. The van der Waals surface area contributed by atoms with Crippen LogP contribution in [0.3, 0.4) is 0 Å². The number of anilines is 2. The average molecular weight is 452 g/mol. The number of aromatic amines is 1. The number of carbonyl (C=O) groups excluding carboxylic acids is 3. The number of Topliss-reactive ketones (excluding diaryl/α,β-unsaturated/α-hetero) is 1. The molecule has 0 saturated carbocycles. The van der Waals surface area contributed by atoms with Crippen molar-refractivity contribution in [2.75, 3.05) is 50.0 Å². The van der Waals surface area contributed by atoms with E-state index < -0.39 is 0 Å². The predicted octanol–water partition coefficient (Wildman–Crippen LogP) is 2.60. The normalized spacial score (nSPS) is 18.1. The van der Waals surface area contributed by atoms with Gasteiger partial charge in [-0.05, 0) is 49.6 Å². The van der Waals surface area contributed by atoms with Crippen LogP contribution in [0.2, 0.25) is 0 Å². The minimum atomic E-state index is -0.381. The van der Waals surface area contributed by atoms with Crippen molar-refractivity contribution in [2.24, 2.45) is 5.41 Å². The van der Waals surface area contributed by atoms with Crippen molar-refractivity contribution in [1.29, 1.82) is 0 Å². The molecule has 3 N–H and O–H groups in total. The van der Waals surface area contributed by atoms with Gasteiger partial charge in [-0.15, -0.1) is 0 Å². The summed E-state index contributed by atoms with van der Waals surface area (Å²) in [7, 11) is 2.12. The van der Waals surface area contributed by atoms with Crippen LogP contribution in [0.15, 0.2) is 24.3 Å². The lowest BCUT2D eigenvalue weighted by Gasteiger charge is -2.34. The van der Waals surface area contributed by atoms with Gasteiger partial charge in [0.05, 0.1) is 6.54 Å². The van der Waals surface area contributed by atoms with E-state index in [9.17, 15) is 14.4 Å². The highest BCUT2D eigenvalue weighted by Gasteiger charge is 2.35. The van der Waals surface area contributed by atoms with Crippen molar-refractivity contribution in [3.63, 3.8) is 0 Å². The molecule has 1 aliphatic carbocycles. The van der Waals surface area contributed by atoms with Crippen molar-refractivity contribution >= 4 is 29.0 Å². The summed E-state index contributed by atoms with van der Waals surface area (Å²) in [5.74, 6) is -0.620. The number of H-pyrrole nitrogens is 1. The van der Waals surface area contributed by atoms with E-state index in [2.05, 4.69) is 32.5 Å². The van der Waals surface area contributed by atoms with Gasteiger partial charge in [-0.2, -0.15) is 0 Å². The molecular formula is C25H33N5O3. The quantitative estimate of drug-likeness (QED) is 0.649. The van der Waals surface area contributed by atoms with Crippen LogP contribution in [0.25, 0.3) is 0 Å². The summed E-state index contributed by atoms with van der Waals surface area (Å²) in [6.07, 6.45) is 1.18. The lowest BCUT2D eigenvalue weighted by Crippen LogP contribution is -2.44. The molecule has 33 heavy (non-hydrogen) atoms. The number of benzene rings is 1. The van der Waals surface area contributed by atoms with Crippen LogP contribution in [0.1, 0.15) is 52.4 Å². The van der Waals surface area contributed by atoms with E-state index >= 15 is 0 Å². The Morgan fingerprint density at radius 1 is 1.12 bits per heavy atom. The molecule has 4 rings (SSSR count). The third kappa shape index (κ3) is 5.11. The number of nitrogens with one attached hydrogen (secondary N) is 3. The molecule has 1 aromatic carbocycles. The van der Waals surface area contributed by atoms with Crippen LogP contribution in [0, 0.1) is 12.3 Å². The van der Waals surface area contributed by atoms with E-state index in [0.29, 0.717) is 35.3 Å². The first-order valence-electron chi connectivity index (χ1n) is 11.5. The molecule has 0 unspecified atom stereocenters. The maximum absolute atomic E-state index is 12.8. The SMILES string of the molecule is Cc1c(C(=O)NCC(=O)Nc2cccc(N3CCN(C)CC3)c2)[nH]c2c1C(=O)CC(C)(C)C2. The molecule has 0 bridgehead atoms. The zero-order valence-corrected chi connectivity index (χ0v) is 19.9. The Hall–Kier alpha value is -3.13. The number of hydrogen-bond acceptors (Lipinski definition) is 5. The first-order valence-corrected chi connectivity index (χ1v) is 11.5. The van der Waals surface area contributed by atoms with Crippen LogP contribution in [0.4, 0.5) is 11.4 Å². The Labute approximate surface area is 194 Å². The summed E-state index contributed by atoms with van der Waals surface area (Å²) < 4.78 is 0.